The molecule has 1 rings (SSSR count). The van der Waals surface area contributed by atoms with Gasteiger partial charge in [-0.15, -0.1) is 0 Å². The Hall–Kier alpha value is -1.56. The molecule has 0 amide bonds. The van der Waals surface area contributed by atoms with Gasteiger partial charge in [-0.3, -0.25) is 0 Å². The highest BCUT2D eigenvalue weighted by Gasteiger charge is 2.35. The minimum atomic E-state index is 0.0280. The minimum Gasteiger partial charge on any atom is -0.0991 e. The molecule has 0 aromatic heterocycles. The van der Waals surface area contributed by atoms with E-state index in [1.807, 2.05) is 25.2 Å². The van der Waals surface area contributed by atoms with Crippen molar-refractivity contribution in [2.24, 2.45) is 5.41 Å². The van der Waals surface area contributed by atoms with Crippen LogP contribution in [0.3, 0.4) is 0 Å². The lowest BCUT2D eigenvalue weighted by Gasteiger charge is -2.23. The van der Waals surface area contributed by atoms with Crippen LogP contribution in [0.5, 0.6) is 0 Å². The summed E-state index contributed by atoms with van der Waals surface area (Å²) >= 11 is 0. The molecule has 0 unspecified atom stereocenters. The van der Waals surface area contributed by atoms with E-state index in [-0.39, 0.29) is 5.41 Å². The number of allylic oxidation sites excluding steroid dienone is 10. The van der Waals surface area contributed by atoms with E-state index in [1.54, 1.807) is 0 Å². The van der Waals surface area contributed by atoms with Crippen LogP contribution in [0.4, 0.5) is 0 Å². The average molecular weight is 226 g/mol. The van der Waals surface area contributed by atoms with Gasteiger partial charge in [-0.25, -0.2) is 0 Å². The normalized spacial score (nSPS) is 22.4. The average Bonchev–Trinajstić information content (AvgIpc) is 2.43. The number of hydrogen-bond acceptors (Lipinski definition) is 0. The Morgan fingerprint density at radius 3 is 2.35 bits per heavy atom. The molecule has 0 heteroatoms. The zero-order valence-electron chi connectivity index (χ0n) is 11.4. The maximum Gasteiger partial charge on any atom is 0.0155 e. The molecule has 0 bridgehead atoms. The summed E-state index contributed by atoms with van der Waals surface area (Å²) < 4.78 is 0. The third-order valence-electron chi connectivity index (χ3n) is 3.38. The fourth-order valence-electron chi connectivity index (χ4n) is 2.35. The molecule has 0 aromatic rings. The Morgan fingerprint density at radius 2 is 1.82 bits per heavy atom. The van der Waals surface area contributed by atoms with Gasteiger partial charge in [0.05, 0.1) is 0 Å². The van der Waals surface area contributed by atoms with Gasteiger partial charge in [-0.1, -0.05) is 63.5 Å². The van der Waals surface area contributed by atoms with Crippen molar-refractivity contribution in [3.05, 3.63) is 71.9 Å². The van der Waals surface area contributed by atoms with Gasteiger partial charge in [-0.2, -0.15) is 0 Å². The molecular formula is C17H22. The molecule has 0 nitrogen and oxygen atoms in total. The first-order valence-corrected chi connectivity index (χ1v) is 6.00. The van der Waals surface area contributed by atoms with E-state index in [9.17, 15) is 0 Å². The highest BCUT2D eigenvalue weighted by Crippen LogP contribution is 2.49. The molecule has 0 aliphatic heterocycles. The molecule has 0 spiro atoms. The van der Waals surface area contributed by atoms with E-state index in [2.05, 4.69) is 52.2 Å². The van der Waals surface area contributed by atoms with E-state index in [4.69, 9.17) is 0 Å². The maximum atomic E-state index is 4.20. The van der Waals surface area contributed by atoms with Gasteiger partial charge in [0.25, 0.3) is 0 Å². The fourth-order valence-corrected chi connectivity index (χ4v) is 2.35. The Labute approximate surface area is 105 Å². The minimum absolute atomic E-state index is 0.0280. The largest absolute Gasteiger partial charge is 0.0991 e. The molecule has 0 N–H and O–H groups in total. The van der Waals surface area contributed by atoms with Crippen molar-refractivity contribution in [3.63, 3.8) is 0 Å². The molecule has 1 aliphatic rings. The van der Waals surface area contributed by atoms with Gasteiger partial charge in [-0.05, 0) is 36.1 Å². The van der Waals surface area contributed by atoms with E-state index in [0.717, 1.165) is 5.57 Å². The number of rotatable bonds is 3. The predicted molar refractivity (Wildman–Crippen MR) is 77.9 cm³/mol. The fraction of sp³-hybridized carbons (Fsp3) is 0.294. The third kappa shape index (κ3) is 2.41. The lowest BCUT2D eigenvalue weighted by Crippen LogP contribution is -2.12. The lowest BCUT2D eigenvalue weighted by atomic mass is 9.80. The molecule has 0 saturated heterocycles. The maximum absolute atomic E-state index is 4.20. The first kappa shape index (κ1) is 13.5. The van der Waals surface area contributed by atoms with Crippen molar-refractivity contribution in [1.29, 1.82) is 0 Å². The van der Waals surface area contributed by atoms with Crippen LogP contribution >= 0.6 is 0 Å². The smallest absolute Gasteiger partial charge is 0.0155 e. The topological polar surface area (TPSA) is 0 Å². The molecule has 0 heterocycles. The van der Waals surface area contributed by atoms with Gasteiger partial charge >= 0.3 is 0 Å². The SMILES string of the molecule is C=C/C=C\C1=C(C)C(=C)/C(=C\C=C/C)C1(C)C. The molecule has 0 aromatic carbocycles. The van der Waals surface area contributed by atoms with E-state index >= 15 is 0 Å². The summed E-state index contributed by atoms with van der Waals surface area (Å²) in [5.41, 5.74) is 5.09. The van der Waals surface area contributed by atoms with Crippen LogP contribution in [0.2, 0.25) is 0 Å². The summed E-state index contributed by atoms with van der Waals surface area (Å²) in [5.74, 6) is 0. The second-order valence-corrected chi connectivity index (χ2v) is 4.84. The molecule has 0 fully saturated rings. The van der Waals surface area contributed by atoms with E-state index in [0.29, 0.717) is 0 Å². The van der Waals surface area contributed by atoms with E-state index in [1.165, 1.54) is 16.7 Å². The standard InChI is InChI=1S/C17H22/c1-7-9-11-15-13(3)14(4)16(12-10-8-2)17(15,5)6/h7-12H,1,4H2,2-3,5-6H3/b10-8-,11-9-,16-12+. The van der Waals surface area contributed by atoms with Crippen molar-refractivity contribution in [2.75, 3.05) is 0 Å². The van der Waals surface area contributed by atoms with Crippen molar-refractivity contribution in [3.8, 4) is 0 Å². The highest BCUT2D eigenvalue weighted by molar-refractivity contribution is 5.63. The van der Waals surface area contributed by atoms with E-state index < -0.39 is 0 Å². The molecule has 0 saturated carbocycles. The van der Waals surface area contributed by atoms with Crippen LogP contribution in [0.15, 0.2) is 71.9 Å². The van der Waals surface area contributed by atoms with Crippen LogP contribution in [0.1, 0.15) is 27.7 Å². The first-order valence-electron chi connectivity index (χ1n) is 6.00. The second-order valence-electron chi connectivity index (χ2n) is 4.84. The summed E-state index contributed by atoms with van der Waals surface area (Å²) in [5, 5.41) is 0. The summed E-state index contributed by atoms with van der Waals surface area (Å²) in [6, 6.07) is 0. The Kier molecular flexibility index (Phi) is 4.11. The molecule has 0 radical (unpaired) electrons. The molecular weight excluding hydrogens is 204 g/mol. The van der Waals surface area contributed by atoms with Gasteiger partial charge in [0.2, 0.25) is 0 Å². The highest BCUT2D eigenvalue weighted by atomic mass is 14.4. The number of hydrogen-bond donors (Lipinski definition) is 0. The summed E-state index contributed by atoms with van der Waals surface area (Å²) in [4.78, 5) is 0. The quantitative estimate of drug-likeness (QED) is 0.584. The molecule has 17 heavy (non-hydrogen) atoms. The van der Waals surface area contributed by atoms with Crippen LogP contribution in [-0.2, 0) is 0 Å². The third-order valence-corrected chi connectivity index (χ3v) is 3.38. The second kappa shape index (κ2) is 5.18. The van der Waals surface area contributed by atoms with Gasteiger partial charge in [0, 0.05) is 5.41 Å². The Balaban J connectivity index is 3.29. The van der Waals surface area contributed by atoms with Gasteiger partial charge < -0.3 is 0 Å². The van der Waals surface area contributed by atoms with Crippen molar-refractivity contribution < 1.29 is 0 Å². The summed E-state index contributed by atoms with van der Waals surface area (Å²) in [7, 11) is 0. The zero-order valence-corrected chi connectivity index (χ0v) is 11.4. The zero-order chi connectivity index (χ0) is 13.1. The molecule has 90 valence electrons. The Bertz CT molecular complexity index is 448. The first-order chi connectivity index (χ1) is 7.96. The Morgan fingerprint density at radius 1 is 1.18 bits per heavy atom. The van der Waals surface area contributed by atoms with Gasteiger partial charge in [0.1, 0.15) is 0 Å². The van der Waals surface area contributed by atoms with Crippen LogP contribution in [0.25, 0.3) is 0 Å². The molecule has 1 aliphatic carbocycles. The van der Waals surface area contributed by atoms with Crippen molar-refractivity contribution in [1.82, 2.24) is 0 Å². The van der Waals surface area contributed by atoms with Crippen LogP contribution < -0.4 is 0 Å². The van der Waals surface area contributed by atoms with Crippen molar-refractivity contribution >= 4 is 0 Å². The van der Waals surface area contributed by atoms with Crippen LogP contribution in [-0.4, -0.2) is 0 Å². The molecule has 0 atom stereocenters. The van der Waals surface area contributed by atoms with Crippen LogP contribution in [0, 0.1) is 5.41 Å². The monoisotopic (exact) mass is 226 g/mol. The predicted octanol–water partition coefficient (Wildman–Crippen LogP) is 5.14. The summed E-state index contributed by atoms with van der Waals surface area (Å²) in [6.45, 7) is 16.6. The summed E-state index contributed by atoms with van der Waals surface area (Å²) in [6.07, 6.45) is 12.2. The van der Waals surface area contributed by atoms with Crippen molar-refractivity contribution in [2.45, 2.75) is 27.7 Å². The lowest BCUT2D eigenvalue weighted by molar-refractivity contribution is 0.578. The van der Waals surface area contributed by atoms with Gasteiger partial charge in [0.15, 0.2) is 0 Å².